The third kappa shape index (κ3) is 2.30. The zero-order valence-electron chi connectivity index (χ0n) is 12.0. The van der Waals surface area contributed by atoms with E-state index in [1.807, 2.05) is 0 Å². The number of hydrogen-bond acceptors (Lipinski definition) is 0. The fourth-order valence-electron chi connectivity index (χ4n) is 4.14. The van der Waals surface area contributed by atoms with Crippen molar-refractivity contribution in [1.82, 2.24) is 0 Å². The van der Waals surface area contributed by atoms with Gasteiger partial charge >= 0.3 is 0 Å². The third-order valence-corrected chi connectivity index (χ3v) is 5.95. The predicted molar refractivity (Wildman–Crippen MR) is 76.4 cm³/mol. The fourth-order valence-corrected chi connectivity index (χ4v) is 4.33. The molecule has 0 amide bonds. The van der Waals surface area contributed by atoms with Gasteiger partial charge in [0.2, 0.25) is 0 Å². The van der Waals surface area contributed by atoms with Gasteiger partial charge in [0.1, 0.15) is 0 Å². The SMILES string of the molecule is CC1CC(C)(C)C2=CCC[C@@](C)(C(C)Cl)CC21. The zero-order chi connectivity index (χ0) is 12.8. The van der Waals surface area contributed by atoms with E-state index in [4.69, 9.17) is 11.6 Å². The first kappa shape index (κ1) is 13.5. The highest BCUT2D eigenvalue weighted by Gasteiger charge is 2.46. The minimum Gasteiger partial charge on any atom is -0.123 e. The number of halogens is 1. The first-order valence-corrected chi connectivity index (χ1v) is 7.54. The highest BCUT2D eigenvalue weighted by molar-refractivity contribution is 6.20. The van der Waals surface area contributed by atoms with Crippen molar-refractivity contribution in [2.24, 2.45) is 22.7 Å². The molecule has 0 saturated heterocycles. The Morgan fingerprint density at radius 3 is 2.53 bits per heavy atom. The van der Waals surface area contributed by atoms with Crippen LogP contribution >= 0.6 is 11.6 Å². The van der Waals surface area contributed by atoms with Crippen LogP contribution in [0.2, 0.25) is 0 Å². The van der Waals surface area contributed by atoms with Crippen LogP contribution in [0.25, 0.3) is 0 Å². The lowest BCUT2D eigenvalue weighted by Gasteiger charge is -2.35. The van der Waals surface area contributed by atoms with Gasteiger partial charge in [-0.25, -0.2) is 0 Å². The van der Waals surface area contributed by atoms with Crippen LogP contribution in [-0.2, 0) is 0 Å². The maximum atomic E-state index is 6.46. The summed E-state index contributed by atoms with van der Waals surface area (Å²) in [6, 6.07) is 0. The molecular weight excluding hydrogens is 228 g/mol. The molecule has 1 heteroatoms. The van der Waals surface area contributed by atoms with E-state index < -0.39 is 0 Å². The molecule has 0 radical (unpaired) electrons. The second-order valence-corrected chi connectivity index (χ2v) is 8.00. The van der Waals surface area contributed by atoms with Gasteiger partial charge in [0, 0.05) is 5.38 Å². The van der Waals surface area contributed by atoms with E-state index in [2.05, 4.69) is 40.7 Å². The van der Waals surface area contributed by atoms with E-state index in [1.54, 1.807) is 5.57 Å². The molecule has 1 saturated carbocycles. The van der Waals surface area contributed by atoms with Crippen LogP contribution in [0.4, 0.5) is 0 Å². The molecule has 4 atom stereocenters. The summed E-state index contributed by atoms with van der Waals surface area (Å²) in [5.41, 5.74) is 2.47. The van der Waals surface area contributed by atoms with Gasteiger partial charge in [0.15, 0.2) is 0 Å². The minimum atomic E-state index is 0.283. The van der Waals surface area contributed by atoms with Crippen molar-refractivity contribution in [3.05, 3.63) is 11.6 Å². The second-order valence-electron chi connectivity index (χ2n) is 7.34. The van der Waals surface area contributed by atoms with Gasteiger partial charge in [0.25, 0.3) is 0 Å². The van der Waals surface area contributed by atoms with Crippen molar-refractivity contribution < 1.29 is 0 Å². The van der Waals surface area contributed by atoms with E-state index in [-0.39, 0.29) is 5.38 Å². The summed E-state index contributed by atoms with van der Waals surface area (Å²) >= 11 is 6.46. The Bertz CT molecular complexity index is 326. The van der Waals surface area contributed by atoms with Crippen LogP contribution < -0.4 is 0 Å². The Morgan fingerprint density at radius 2 is 1.94 bits per heavy atom. The summed E-state index contributed by atoms with van der Waals surface area (Å²) in [7, 11) is 0. The van der Waals surface area contributed by atoms with Crippen LogP contribution in [0.5, 0.6) is 0 Å². The lowest BCUT2D eigenvalue weighted by atomic mass is 9.73. The Hall–Kier alpha value is 0.0300. The van der Waals surface area contributed by atoms with Gasteiger partial charge in [-0.05, 0) is 55.3 Å². The zero-order valence-corrected chi connectivity index (χ0v) is 12.8. The van der Waals surface area contributed by atoms with E-state index >= 15 is 0 Å². The maximum absolute atomic E-state index is 6.46. The van der Waals surface area contributed by atoms with E-state index in [9.17, 15) is 0 Å². The molecule has 17 heavy (non-hydrogen) atoms. The second kappa shape index (κ2) is 4.30. The number of rotatable bonds is 1. The molecule has 0 aromatic heterocycles. The minimum absolute atomic E-state index is 0.283. The summed E-state index contributed by atoms with van der Waals surface area (Å²) in [4.78, 5) is 0. The quantitative estimate of drug-likeness (QED) is 0.433. The van der Waals surface area contributed by atoms with E-state index in [0.717, 1.165) is 11.8 Å². The molecule has 0 aliphatic heterocycles. The molecule has 0 aromatic carbocycles. The number of fused-ring (bicyclic) bond motifs is 1. The standard InChI is InChI=1S/C16H27Cl/c1-11-9-15(3,4)14-7-6-8-16(5,12(2)17)10-13(11)14/h7,11-13H,6,8-10H2,1-5H3/t11?,12?,13?,16-/m1/s1. The van der Waals surface area contributed by atoms with Crippen molar-refractivity contribution in [3.8, 4) is 0 Å². The molecule has 2 aliphatic rings. The Kier molecular flexibility index (Phi) is 3.40. The highest BCUT2D eigenvalue weighted by Crippen LogP contribution is 2.56. The summed E-state index contributed by atoms with van der Waals surface area (Å²) in [6.45, 7) is 11.8. The van der Waals surface area contributed by atoms with Gasteiger partial charge in [-0.2, -0.15) is 0 Å². The van der Waals surface area contributed by atoms with Crippen molar-refractivity contribution in [2.75, 3.05) is 0 Å². The monoisotopic (exact) mass is 254 g/mol. The summed E-state index contributed by atoms with van der Waals surface area (Å²) < 4.78 is 0. The normalized spacial score (nSPS) is 42.6. The largest absolute Gasteiger partial charge is 0.123 e. The average Bonchev–Trinajstić information content (AvgIpc) is 2.38. The lowest BCUT2D eigenvalue weighted by molar-refractivity contribution is 0.220. The van der Waals surface area contributed by atoms with Crippen molar-refractivity contribution in [2.45, 2.75) is 65.7 Å². The van der Waals surface area contributed by atoms with Gasteiger partial charge in [-0.3, -0.25) is 0 Å². The number of allylic oxidation sites excluding steroid dienone is 2. The number of hydrogen-bond donors (Lipinski definition) is 0. The van der Waals surface area contributed by atoms with Crippen LogP contribution in [-0.4, -0.2) is 5.38 Å². The predicted octanol–water partition coefficient (Wildman–Crippen LogP) is 5.41. The molecule has 0 bridgehead atoms. The summed E-state index contributed by atoms with van der Waals surface area (Å²) in [6.07, 6.45) is 7.64. The van der Waals surface area contributed by atoms with Gasteiger partial charge in [-0.15, -0.1) is 11.6 Å². The maximum Gasteiger partial charge on any atom is 0.0361 e. The average molecular weight is 255 g/mol. The molecule has 0 heterocycles. The summed E-state index contributed by atoms with van der Waals surface area (Å²) in [5, 5.41) is 0.283. The van der Waals surface area contributed by atoms with Gasteiger partial charge in [-0.1, -0.05) is 39.3 Å². The van der Waals surface area contributed by atoms with Crippen LogP contribution in [0, 0.1) is 22.7 Å². The molecule has 98 valence electrons. The number of alkyl halides is 1. The fraction of sp³-hybridized carbons (Fsp3) is 0.875. The molecular formula is C16H27Cl. The van der Waals surface area contributed by atoms with E-state index in [1.165, 1.54) is 25.7 Å². The highest BCUT2D eigenvalue weighted by atomic mass is 35.5. The van der Waals surface area contributed by atoms with Crippen LogP contribution in [0.1, 0.15) is 60.3 Å². The molecule has 0 nitrogen and oxygen atoms in total. The van der Waals surface area contributed by atoms with Gasteiger partial charge in [0.05, 0.1) is 0 Å². The lowest BCUT2D eigenvalue weighted by Crippen LogP contribution is -2.29. The molecule has 0 N–H and O–H groups in total. The Morgan fingerprint density at radius 1 is 1.29 bits per heavy atom. The smallest absolute Gasteiger partial charge is 0.0361 e. The Labute approximate surface area is 112 Å². The first-order valence-electron chi connectivity index (χ1n) is 7.11. The Balaban J connectivity index is 2.29. The summed E-state index contributed by atoms with van der Waals surface area (Å²) in [5.74, 6) is 1.60. The van der Waals surface area contributed by atoms with Crippen molar-refractivity contribution in [1.29, 1.82) is 0 Å². The van der Waals surface area contributed by atoms with Crippen LogP contribution in [0.3, 0.4) is 0 Å². The van der Waals surface area contributed by atoms with Crippen molar-refractivity contribution >= 4 is 11.6 Å². The molecule has 2 rings (SSSR count). The molecule has 2 aliphatic carbocycles. The molecule has 3 unspecified atom stereocenters. The van der Waals surface area contributed by atoms with Crippen molar-refractivity contribution in [3.63, 3.8) is 0 Å². The van der Waals surface area contributed by atoms with E-state index in [0.29, 0.717) is 10.8 Å². The third-order valence-electron chi connectivity index (χ3n) is 5.43. The molecule has 1 fully saturated rings. The molecule has 0 aromatic rings. The first-order chi connectivity index (χ1) is 7.76. The van der Waals surface area contributed by atoms with Gasteiger partial charge < -0.3 is 0 Å². The topological polar surface area (TPSA) is 0 Å². The molecule has 0 spiro atoms. The van der Waals surface area contributed by atoms with Crippen LogP contribution in [0.15, 0.2) is 11.6 Å².